The van der Waals surface area contributed by atoms with Gasteiger partial charge in [0.05, 0.1) is 0 Å². The number of hydrogen-bond acceptors (Lipinski definition) is 3. The van der Waals surface area contributed by atoms with E-state index in [0.717, 1.165) is 12.0 Å². The van der Waals surface area contributed by atoms with Gasteiger partial charge in [-0.15, -0.1) is 0 Å². The molecule has 0 radical (unpaired) electrons. The Morgan fingerprint density at radius 1 is 1.53 bits per heavy atom. The molecule has 1 saturated heterocycles. The quantitative estimate of drug-likeness (QED) is 0.765. The van der Waals surface area contributed by atoms with Crippen molar-refractivity contribution in [3.8, 4) is 5.75 Å². The molecule has 1 aliphatic heterocycles. The van der Waals surface area contributed by atoms with Crippen LogP contribution in [-0.2, 0) is 4.74 Å². The molecule has 1 aromatic rings. The molecule has 1 aromatic carbocycles. The lowest BCUT2D eigenvalue weighted by Gasteiger charge is -2.29. The molecule has 1 fully saturated rings. The number of phenolic OH excluding ortho intramolecular Hbond substituents is 1. The number of aromatic hydroxyl groups is 1. The number of amides is 1. The van der Waals surface area contributed by atoms with Gasteiger partial charge in [-0.2, -0.15) is 0 Å². The molecular weight excluding hydrogens is 194 g/mol. The van der Waals surface area contributed by atoms with Gasteiger partial charge >= 0.3 is 6.09 Å². The third-order valence-electron chi connectivity index (χ3n) is 2.52. The highest BCUT2D eigenvalue weighted by Gasteiger charge is 2.25. The Labute approximate surface area is 88.1 Å². The number of phenols is 1. The Morgan fingerprint density at radius 2 is 2.33 bits per heavy atom. The average molecular weight is 207 g/mol. The van der Waals surface area contributed by atoms with Gasteiger partial charge in [-0.3, -0.25) is 0 Å². The second kappa shape index (κ2) is 3.81. The predicted molar refractivity (Wildman–Crippen MR) is 54.6 cm³/mol. The Balaban J connectivity index is 2.15. The number of carbonyl (C=O) groups is 1. The molecule has 0 aliphatic carbocycles. The Bertz CT molecular complexity index is 378. The molecule has 80 valence electrons. The molecule has 4 nitrogen and oxygen atoms in total. The number of nitrogens with zero attached hydrogens (tertiary/aromatic N) is 1. The summed E-state index contributed by atoms with van der Waals surface area (Å²) in [4.78, 5) is 12.8. The van der Waals surface area contributed by atoms with Crippen LogP contribution in [0.5, 0.6) is 5.75 Å². The number of cyclic esters (lactones) is 1. The Morgan fingerprint density at radius 3 is 3.00 bits per heavy atom. The van der Waals surface area contributed by atoms with E-state index in [2.05, 4.69) is 0 Å². The van der Waals surface area contributed by atoms with Crippen LogP contribution in [0, 0.1) is 0 Å². The van der Waals surface area contributed by atoms with Gasteiger partial charge in [-0.1, -0.05) is 12.1 Å². The molecule has 15 heavy (non-hydrogen) atoms. The fourth-order valence-corrected chi connectivity index (χ4v) is 1.63. The standard InChI is InChI=1S/C11H13NO3/c1-12-6-5-10(15-11(12)14)8-3-2-4-9(13)7-8/h2-4,7,10,13H,5-6H2,1H3. The lowest BCUT2D eigenvalue weighted by Crippen LogP contribution is -2.35. The highest BCUT2D eigenvalue weighted by Crippen LogP contribution is 2.27. The van der Waals surface area contributed by atoms with Crippen molar-refractivity contribution < 1.29 is 14.6 Å². The summed E-state index contributed by atoms with van der Waals surface area (Å²) in [5.74, 6) is 0.197. The summed E-state index contributed by atoms with van der Waals surface area (Å²) in [7, 11) is 1.71. The van der Waals surface area contributed by atoms with Crippen LogP contribution in [0.2, 0.25) is 0 Å². The number of rotatable bonds is 1. The van der Waals surface area contributed by atoms with Crippen LogP contribution in [-0.4, -0.2) is 29.7 Å². The van der Waals surface area contributed by atoms with Crippen LogP contribution in [0.1, 0.15) is 18.1 Å². The van der Waals surface area contributed by atoms with E-state index < -0.39 is 0 Å². The van der Waals surface area contributed by atoms with Gasteiger partial charge < -0.3 is 14.7 Å². The molecule has 1 aliphatic rings. The van der Waals surface area contributed by atoms with E-state index in [1.165, 1.54) is 0 Å². The van der Waals surface area contributed by atoms with Gasteiger partial charge in [-0.25, -0.2) is 4.79 Å². The summed E-state index contributed by atoms with van der Waals surface area (Å²) in [6.45, 7) is 0.680. The van der Waals surface area contributed by atoms with Crippen molar-refractivity contribution in [2.75, 3.05) is 13.6 Å². The Kier molecular flexibility index (Phi) is 2.49. The van der Waals surface area contributed by atoms with Crippen molar-refractivity contribution in [1.82, 2.24) is 4.90 Å². The Hall–Kier alpha value is -1.71. The summed E-state index contributed by atoms with van der Waals surface area (Å²) in [5.41, 5.74) is 0.844. The number of carbonyl (C=O) groups excluding carboxylic acids is 1. The maximum Gasteiger partial charge on any atom is 0.410 e. The van der Waals surface area contributed by atoms with Crippen LogP contribution < -0.4 is 0 Å². The molecular formula is C11H13NO3. The van der Waals surface area contributed by atoms with Gasteiger partial charge in [0.1, 0.15) is 11.9 Å². The van der Waals surface area contributed by atoms with Crippen molar-refractivity contribution in [2.45, 2.75) is 12.5 Å². The van der Waals surface area contributed by atoms with Crippen LogP contribution in [0.15, 0.2) is 24.3 Å². The first-order valence-electron chi connectivity index (χ1n) is 4.87. The van der Waals surface area contributed by atoms with E-state index in [4.69, 9.17) is 4.74 Å². The average Bonchev–Trinajstić information content (AvgIpc) is 2.22. The SMILES string of the molecule is CN1CCC(c2cccc(O)c2)OC1=O. The molecule has 1 heterocycles. The molecule has 2 rings (SSSR count). The van der Waals surface area contributed by atoms with Crippen molar-refractivity contribution in [2.24, 2.45) is 0 Å². The van der Waals surface area contributed by atoms with E-state index in [-0.39, 0.29) is 17.9 Å². The van der Waals surface area contributed by atoms with Crippen molar-refractivity contribution in [1.29, 1.82) is 0 Å². The van der Waals surface area contributed by atoms with E-state index in [1.807, 2.05) is 6.07 Å². The molecule has 1 N–H and O–H groups in total. The van der Waals surface area contributed by atoms with E-state index in [0.29, 0.717) is 6.54 Å². The third kappa shape index (κ3) is 2.03. The van der Waals surface area contributed by atoms with Crippen molar-refractivity contribution in [3.05, 3.63) is 29.8 Å². The smallest absolute Gasteiger partial charge is 0.410 e. The maximum atomic E-state index is 11.3. The molecule has 0 saturated carbocycles. The molecule has 1 amide bonds. The molecule has 4 heteroatoms. The fraction of sp³-hybridized carbons (Fsp3) is 0.364. The summed E-state index contributed by atoms with van der Waals surface area (Å²) in [6, 6.07) is 6.82. The summed E-state index contributed by atoms with van der Waals surface area (Å²) in [6.07, 6.45) is 0.210. The number of hydrogen-bond donors (Lipinski definition) is 1. The molecule has 0 bridgehead atoms. The lowest BCUT2D eigenvalue weighted by molar-refractivity contribution is 0.0323. The van der Waals surface area contributed by atoms with Crippen LogP contribution in [0.4, 0.5) is 4.79 Å². The van der Waals surface area contributed by atoms with Crippen LogP contribution in [0.3, 0.4) is 0 Å². The topological polar surface area (TPSA) is 49.8 Å². The summed E-state index contributed by atoms with van der Waals surface area (Å²) in [5, 5.41) is 9.31. The normalized spacial score (nSPS) is 21.3. The predicted octanol–water partition coefficient (Wildman–Crippen LogP) is 1.91. The largest absolute Gasteiger partial charge is 0.508 e. The van der Waals surface area contributed by atoms with Crippen LogP contribution >= 0.6 is 0 Å². The molecule has 1 atom stereocenters. The zero-order chi connectivity index (χ0) is 10.8. The molecule has 0 aromatic heterocycles. The maximum absolute atomic E-state index is 11.3. The summed E-state index contributed by atoms with van der Waals surface area (Å²) >= 11 is 0. The van der Waals surface area contributed by atoms with Gasteiger partial charge in [0.2, 0.25) is 0 Å². The minimum absolute atomic E-state index is 0.197. The first-order valence-corrected chi connectivity index (χ1v) is 4.87. The van der Waals surface area contributed by atoms with Gasteiger partial charge in [-0.05, 0) is 17.7 Å². The van der Waals surface area contributed by atoms with Gasteiger partial charge in [0, 0.05) is 20.0 Å². The monoisotopic (exact) mass is 207 g/mol. The first kappa shape index (κ1) is 9.83. The minimum atomic E-state index is -0.311. The zero-order valence-corrected chi connectivity index (χ0v) is 8.51. The highest BCUT2D eigenvalue weighted by atomic mass is 16.6. The van der Waals surface area contributed by atoms with Crippen molar-refractivity contribution >= 4 is 6.09 Å². The highest BCUT2D eigenvalue weighted by molar-refractivity contribution is 5.68. The minimum Gasteiger partial charge on any atom is -0.508 e. The second-order valence-electron chi connectivity index (χ2n) is 3.68. The third-order valence-corrected chi connectivity index (χ3v) is 2.52. The first-order chi connectivity index (χ1) is 7.16. The van der Waals surface area contributed by atoms with Crippen LogP contribution in [0.25, 0.3) is 0 Å². The molecule has 1 unspecified atom stereocenters. The van der Waals surface area contributed by atoms with Gasteiger partial charge in [0.15, 0.2) is 0 Å². The zero-order valence-electron chi connectivity index (χ0n) is 8.51. The van der Waals surface area contributed by atoms with E-state index in [9.17, 15) is 9.90 Å². The number of benzene rings is 1. The number of ether oxygens (including phenoxy) is 1. The molecule has 0 spiro atoms. The summed E-state index contributed by atoms with van der Waals surface area (Å²) < 4.78 is 5.22. The van der Waals surface area contributed by atoms with Crippen molar-refractivity contribution in [3.63, 3.8) is 0 Å². The fourth-order valence-electron chi connectivity index (χ4n) is 1.63. The van der Waals surface area contributed by atoms with Gasteiger partial charge in [0.25, 0.3) is 0 Å². The van der Waals surface area contributed by atoms with E-state index in [1.54, 1.807) is 30.1 Å². The van der Waals surface area contributed by atoms with E-state index >= 15 is 0 Å². The second-order valence-corrected chi connectivity index (χ2v) is 3.68. The lowest BCUT2D eigenvalue weighted by atomic mass is 10.1.